The van der Waals surface area contributed by atoms with Crippen LogP contribution in [0.25, 0.3) is 11.2 Å². The number of hydrogen-bond donors (Lipinski definition) is 3. The monoisotopic (exact) mass is 618 g/mol. The van der Waals surface area contributed by atoms with Gasteiger partial charge < -0.3 is 20.1 Å². The molecule has 5 rings (SSSR count). The van der Waals surface area contributed by atoms with Crippen LogP contribution in [-0.4, -0.2) is 60.3 Å². The Morgan fingerprint density at radius 2 is 1.90 bits per heavy atom. The minimum absolute atomic E-state index is 0.0794. The molecule has 0 spiro atoms. The zero-order valence-corrected chi connectivity index (χ0v) is 23.9. The van der Waals surface area contributed by atoms with E-state index in [-0.39, 0.29) is 24.1 Å². The molecule has 0 aliphatic carbocycles. The summed E-state index contributed by atoms with van der Waals surface area (Å²) in [7, 11) is -4.92. The van der Waals surface area contributed by atoms with Gasteiger partial charge in [0.25, 0.3) is 0 Å². The molecule has 0 saturated carbocycles. The second-order valence-corrected chi connectivity index (χ2v) is 11.1. The molecule has 1 fully saturated rings. The molecular formula is C26H28ClN6O8P. The number of ether oxygens (including phenoxy) is 1. The van der Waals surface area contributed by atoms with Crippen molar-refractivity contribution in [2.45, 2.75) is 44.4 Å². The second kappa shape index (κ2) is 12.7. The van der Waals surface area contributed by atoms with Gasteiger partial charge in [-0.05, 0) is 36.2 Å². The van der Waals surface area contributed by atoms with E-state index in [1.807, 2.05) is 30.3 Å². The summed E-state index contributed by atoms with van der Waals surface area (Å²) in [6, 6.07) is 16.9. The lowest BCUT2D eigenvalue weighted by Gasteiger charge is -2.29. The fraction of sp³-hybridized carbons (Fsp3) is 0.308. The number of carbonyl (C=O) groups excluding carboxylic acids is 1. The van der Waals surface area contributed by atoms with Crippen molar-refractivity contribution in [1.82, 2.24) is 19.5 Å². The second-order valence-electron chi connectivity index (χ2n) is 9.41. The van der Waals surface area contributed by atoms with E-state index < -0.39 is 44.9 Å². The van der Waals surface area contributed by atoms with Crippen LogP contribution in [0, 0.1) is 0 Å². The minimum Gasteiger partial charge on any atom is -0.390 e. The van der Waals surface area contributed by atoms with Gasteiger partial charge in [0.1, 0.15) is 17.8 Å². The summed E-state index contributed by atoms with van der Waals surface area (Å²) in [6.07, 6.45) is -1.39. The van der Waals surface area contributed by atoms with Gasteiger partial charge in [0.2, 0.25) is 5.28 Å². The molecule has 3 heterocycles. The summed E-state index contributed by atoms with van der Waals surface area (Å²) >= 11 is 5.92. The molecule has 1 unspecified atom stereocenters. The first kappa shape index (κ1) is 29.9. The molecule has 1 saturated heterocycles. The van der Waals surface area contributed by atoms with Gasteiger partial charge in [0.05, 0.1) is 31.3 Å². The number of fused-ring (bicyclic) bond motifs is 1. The van der Waals surface area contributed by atoms with Gasteiger partial charge in [-0.2, -0.15) is 9.97 Å². The number of nitrogen functional groups attached to an aromatic ring is 1. The van der Waals surface area contributed by atoms with E-state index in [2.05, 4.69) is 15.0 Å². The quantitative estimate of drug-likeness (QED) is 0.126. The van der Waals surface area contributed by atoms with E-state index in [1.54, 1.807) is 30.3 Å². The molecule has 0 amide bonds. The van der Waals surface area contributed by atoms with Crippen molar-refractivity contribution in [2.75, 3.05) is 17.4 Å². The summed E-state index contributed by atoms with van der Waals surface area (Å²) in [5, 5.41) is 11.7. The smallest absolute Gasteiger partial charge is 0.390 e. The molecule has 4 N–H and O–H groups in total. The number of aliphatic hydroxyl groups is 1. The van der Waals surface area contributed by atoms with Crippen molar-refractivity contribution in [3.63, 3.8) is 0 Å². The number of aliphatic hydroxyl groups excluding tert-OH is 1. The Morgan fingerprint density at radius 3 is 2.62 bits per heavy atom. The van der Waals surface area contributed by atoms with Crippen LogP contribution in [0.4, 0.5) is 11.5 Å². The Kier molecular flexibility index (Phi) is 9.04. The molecule has 0 bridgehead atoms. The predicted octanol–water partition coefficient (Wildman–Crippen LogP) is 3.40. The summed E-state index contributed by atoms with van der Waals surface area (Å²) < 4.78 is 30.0. The lowest BCUT2D eigenvalue weighted by molar-refractivity contribution is -0.140. The average molecular weight is 619 g/mol. The van der Waals surface area contributed by atoms with E-state index in [1.165, 1.54) is 22.9 Å². The number of halogens is 1. The van der Waals surface area contributed by atoms with E-state index in [0.717, 1.165) is 5.56 Å². The minimum atomic E-state index is -4.92. The Labute approximate surface area is 245 Å². The molecule has 2 aromatic carbocycles. The normalized spacial score (nSPS) is 20.7. The molecule has 5 atom stereocenters. The number of rotatable bonds is 11. The van der Waals surface area contributed by atoms with E-state index in [9.17, 15) is 19.4 Å². The third-order valence-corrected chi connectivity index (χ3v) is 7.51. The maximum absolute atomic E-state index is 13.0. The van der Waals surface area contributed by atoms with Gasteiger partial charge in [-0.1, -0.05) is 48.5 Å². The van der Waals surface area contributed by atoms with Crippen LogP contribution in [0.2, 0.25) is 5.28 Å². The number of carbonyl (C=O) groups is 1. The van der Waals surface area contributed by atoms with Crippen molar-refractivity contribution in [2.24, 2.45) is 0 Å². The van der Waals surface area contributed by atoms with Crippen molar-refractivity contribution >= 4 is 48.1 Å². The van der Waals surface area contributed by atoms with Crippen molar-refractivity contribution in [3.8, 4) is 0 Å². The van der Waals surface area contributed by atoms with Crippen molar-refractivity contribution in [1.29, 1.82) is 0 Å². The standard InChI is InChI=1S/C26H28ClN6O8P/c1-16(33(18-10-6-3-7-11-18)38-13-17-8-4-2-5-9-17)25(35)41-42(36,37)39-14-20-19(34)12-21(40-20)32-15-29-22-23(28)30-26(27)31-24(22)32/h2-11,15-16,19-21,34H,12-14H2,1H3,(H,36,37)(H2,28,30,31)/t16-,19-,20+,21+/m0/s1. The number of nitrogens with zero attached hydrogens (tertiary/aromatic N) is 5. The molecule has 1 aliphatic rings. The highest BCUT2D eigenvalue weighted by Crippen LogP contribution is 2.45. The maximum atomic E-state index is 13.0. The number of imidazole rings is 1. The number of hydrogen-bond acceptors (Lipinski definition) is 12. The van der Waals surface area contributed by atoms with Crippen LogP contribution in [-0.2, 0) is 34.6 Å². The molecule has 16 heteroatoms. The molecule has 42 heavy (non-hydrogen) atoms. The molecule has 222 valence electrons. The van der Waals surface area contributed by atoms with E-state index >= 15 is 0 Å². The number of benzene rings is 2. The van der Waals surface area contributed by atoms with Gasteiger partial charge in [0, 0.05) is 6.42 Å². The largest absolute Gasteiger partial charge is 0.529 e. The van der Waals surface area contributed by atoms with Gasteiger partial charge in [-0.15, -0.1) is 0 Å². The van der Waals surface area contributed by atoms with Crippen LogP contribution >= 0.6 is 19.4 Å². The Morgan fingerprint density at radius 1 is 1.21 bits per heavy atom. The summed E-state index contributed by atoms with van der Waals surface area (Å²) in [4.78, 5) is 41.3. The Bertz CT molecular complexity index is 1580. The predicted molar refractivity (Wildman–Crippen MR) is 151 cm³/mol. The fourth-order valence-corrected chi connectivity index (χ4v) is 5.28. The van der Waals surface area contributed by atoms with Crippen LogP contribution in [0.1, 0.15) is 25.1 Å². The molecule has 1 aliphatic heterocycles. The van der Waals surface area contributed by atoms with Crippen LogP contribution in [0.5, 0.6) is 0 Å². The highest BCUT2D eigenvalue weighted by atomic mass is 35.5. The highest BCUT2D eigenvalue weighted by molar-refractivity contribution is 7.48. The molecule has 4 aromatic rings. The number of phosphoric ester groups is 1. The third kappa shape index (κ3) is 6.88. The molecular weight excluding hydrogens is 591 g/mol. The van der Waals surface area contributed by atoms with Crippen LogP contribution < -0.4 is 10.8 Å². The Hall–Kier alpha value is -3.62. The summed E-state index contributed by atoms with van der Waals surface area (Å²) in [5.41, 5.74) is 7.82. The number of anilines is 2. The zero-order valence-electron chi connectivity index (χ0n) is 22.3. The van der Waals surface area contributed by atoms with E-state index in [4.69, 9.17) is 36.0 Å². The zero-order chi connectivity index (χ0) is 29.9. The first-order valence-electron chi connectivity index (χ1n) is 12.8. The van der Waals surface area contributed by atoms with Gasteiger partial charge >= 0.3 is 13.8 Å². The lowest BCUT2D eigenvalue weighted by Crippen LogP contribution is -2.40. The van der Waals surface area contributed by atoms with E-state index in [0.29, 0.717) is 16.9 Å². The summed E-state index contributed by atoms with van der Waals surface area (Å²) in [6.45, 7) is 1.05. The van der Waals surface area contributed by atoms with Crippen molar-refractivity contribution in [3.05, 3.63) is 77.8 Å². The Balaban J connectivity index is 1.20. The number of phosphoric acid groups is 1. The first-order valence-corrected chi connectivity index (χ1v) is 14.7. The maximum Gasteiger partial charge on any atom is 0.529 e. The van der Waals surface area contributed by atoms with Crippen molar-refractivity contribution < 1.29 is 38.0 Å². The average Bonchev–Trinajstić information content (AvgIpc) is 3.56. The van der Waals surface area contributed by atoms with Gasteiger partial charge in [0.15, 0.2) is 17.5 Å². The number of para-hydroxylation sites is 1. The third-order valence-electron chi connectivity index (χ3n) is 6.46. The highest BCUT2D eigenvalue weighted by Gasteiger charge is 2.39. The molecule has 2 aromatic heterocycles. The summed E-state index contributed by atoms with van der Waals surface area (Å²) in [5.74, 6) is -0.988. The molecule has 0 radical (unpaired) electrons. The van der Waals surface area contributed by atoms with Gasteiger partial charge in [-0.3, -0.25) is 18.8 Å². The molecule has 14 nitrogen and oxygen atoms in total. The van der Waals surface area contributed by atoms with Crippen LogP contribution in [0.3, 0.4) is 0 Å². The number of hydroxylamine groups is 1. The van der Waals surface area contributed by atoms with Crippen LogP contribution in [0.15, 0.2) is 67.0 Å². The number of aromatic nitrogens is 4. The van der Waals surface area contributed by atoms with Gasteiger partial charge in [-0.25, -0.2) is 19.4 Å². The fourth-order valence-electron chi connectivity index (χ4n) is 4.34. The SMILES string of the molecule is C[C@@H](C(=O)OP(=O)(O)OC[C@H]1O[C@@H](n2cnc3c(N)nc(Cl)nc32)C[C@@H]1O)N(OCc1ccccc1)c1ccccc1. The lowest BCUT2D eigenvalue weighted by atomic mass is 10.2. The first-order chi connectivity index (χ1) is 20.1. The topological polar surface area (TPSA) is 184 Å². The number of nitrogens with two attached hydrogens (primary N) is 1.